The number of anilines is 1. The smallest absolute Gasteiger partial charge is 0.0795 e. The molecular formula is C12H13BrN2S. The normalized spacial score (nSPS) is 12.4. The molecule has 1 atom stereocenters. The molecule has 0 aliphatic heterocycles. The highest BCUT2D eigenvalue weighted by atomic mass is 79.9. The molecule has 0 fully saturated rings. The van der Waals surface area contributed by atoms with E-state index in [2.05, 4.69) is 58.3 Å². The van der Waals surface area contributed by atoms with Crippen molar-refractivity contribution in [3.8, 4) is 0 Å². The van der Waals surface area contributed by atoms with E-state index >= 15 is 0 Å². The number of benzene rings is 1. The molecule has 0 saturated heterocycles. The van der Waals surface area contributed by atoms with Crippen molar-refractivity contribution in [1.82, 2.24) is 4.98 Å². The largest absolute Gasteiger partial charge is 0.377 e. The van der Waals surface area contributed by atoms with E-state index in [-0.39, 0.29) is 6.04 Å². The van der Waals surface area contributed by atoms with Crippen molar-refractivity contribution in [3.05, 3.63) is 44.8 Å². The first-order valence-corrected chi connectivity index (χ1v) is 6.76. The molecule has 1 aromatic carbocycles. The lowest BCUT2D eigenvalue weighted by atomic mass is 10.2. The highest BCUT2D eigenvalue weighted by Crippen LogP contribution is 2.29. The van der Waals surface area contributed by atoms with Gasteiger partial charge in [0, 0.05) is 21.2 Å². The molecule has 0 radical (unpaired) electrons. The molecule has 0 saturated carbocycles. The molecule has 1 heterocycles. The molecule has 2 nitrogen and oxygen atoms in total. The molecule has 0 amide bonds. The van der Waals surface area contributed by atoms with Crippen molar-refractivity contribution >= 4 is 33.0 Å². The van der Waals surface area contributed by atoms with Gasteiger partial charge in [-0.1, -0.05) is 12.1 Å². The van der Waals surface area contributed by atoms with E-state index in [0.717, 1.165) is 10.2 Å². The Hall–Kier alpha value is -0.870. The van der Waals surface area contributed by atoms with E-state index in [4.69, 9.17) is 0 Å². The number of hydrogen-bond acceptors (Lipinski definition) is 3. The van der Waals surface area contributed by atoms with Crippen LogP contribution in [0, 0.1) is 6.92 Å². The summed E-state index contributed by atoms with van der Waals surface area (Å²) < 4.78 is 1.13. The third-order valence-corrected chi connectivity index (χ3v) is 4.45. The topological polar surface area (TPSA) is 24.9 Å². The first kappa shape index (κ1) is 11.6. The first-order chi connectivity index (χ1) is 7.68. The van der Waals surface area contributed by atoms with Gasteiger partial charge in [0.15, 0.2) is 0 Å². The van der Waals surface area contributed by atoms with Gasteiger partial charge in [0.25, 0.3) is 0 Å². The fourth-order valence-corrected chi connectivity index (χ4v) is 2.51. The highest BCUT2D eigenvalue weighted by Gasteiger charge is 2.09. The third kappa shape index (κ3) is 2.44. The number of hydrogen-bond donors (Lipinski definition) is 1. The summed E-state index contributed by atoms with van der Waals surface area (Å²) >= 11 is 5.27. The van der Waals surface area contributed by atoms with Crippen molar-refractivity contribution in [2.75, 3.05) is 5.32 Å². The average molecular weight is 297 g/mol. The summed E-state index contributed by atoms with van der Waals surface area (Å²) in [6.45, 7) is 4.23. The maximum atomic E-state index is 4.09. The molecule has 0 spiro atoms. The Morgan fingerprint density at radius 3 is 2.94 bits per heavy atom. The van der Waals surface area contributed by atoms with Gasteiger partial charge in [0.2, 0.25) is 0 Å². The Bertz CT molecular complexity index is 468. The zero-order chi connectivity index (χ0) is 11.5. The van der Waals surface area contributed by atoms with Crippen LogP contribution in [-0.4, -0.2) is 4.98 Å². The molecule has 4 heteroatoms. The SMILES string of the molecule is Cc1cccc(NC(C)c2cncs2)c1Br. The number of aromatic nitrogens is 1. The third-order valence-electron chi connectivity index (χ3n) is 2.44. The number of halogens is 1. The Labute approximate surface area is 108 Å². The second kappa shape index (κ2) is 4.97. The van der Waals surface area contributed by atoms with Crippen molar-refractivity contribution in [2.24, 2.45) is 0 Å². The molecule has 1 aromatic heterocycles. The van der Waals surface area contributed by atoms with Gasteiger partial charge < -0.3 is 5.32 Å². The van der Waals surface area contributed by atoms with Gasteiger partial charge in [0.1, 0.15) is 0 Å². The quantitative estimate of drug-likeness (QED) is 0.909. The lowest BCUT2D eigenvalue weighted by Crippen LogP contribution is -2.05. The number of rotatable bonds is 3. The zero-order valence-electron chi connectivity index (χ0n) is 9.20. The van der Waals surface area contributed by atoms with Crippen molar-refractivity contribution in [1.29, 1.82) is 0 Å². The van der Waals surface area contributed by atoms with Crippen LogP contribution in [0.4, 0.5) is 5.69 Å². The van der Waals surface area contributed by atoms with Gasteiger partial charge in [-0.2, -0.15) is 0 Å². The van der Waals surface area contributed by atoms with Crippen LogP contribution in [-0.2, 0) is 0 Å². The summed E-state index contributed by atoms with van der Waals surface area (Å²) in [6.07, 6.45) is 1.91. The van der Waals surface area contributed by atoms with Crippen LogP contribution >= 0.6 is 27.3 Å². The summed E-state index contributed by atoms with van der Waals surface area (Å²) in [7, 11) is 0. The number of thiazole rings is 1. The molecule has 2 aromatic rings. The summed E-state index contributed by atoms with van der Waals surface area (Å²) in [5, 5.41) is 3.48. The summed E-state index contributed by atoms with van der Waals surface area (Å²) in [6, 6.07) is 6.51. The number of aryl methyl sites for hydroxylation is 1. The second-order valence-corrected chi connectivity index (χ2v) is 5.42. The molecular weight excluding hydrogens is 284 g/mol. The Morgan fingerprint density at radius 1 is 1.44 bits per heavy atom. The standard InChI is InChI=1S/C12H13BrN2S/c1-8-4-3-5-10(12(8)13)15-9(2)11-6-14-7-16-11/h3-7,9,15H,1-2H3. The van der Waals surface area contributed by atoms with E-state index in [1.54, 1.807) is 11.3 Å². The van der Waals surface area contributed by atoms with Gasteiger partial charge in [0.05, 0.1) is 11.6 Å². The van der Waals surface area contributed by atoms with Crippen molar-refractivity contribution in [2.45, 2.75) is 19.9 Å². The van der Waals surface area contributed by atoms with Crippen LogP contribution in [0.25, 0.3) is 0 Å². The van der Waals surface area contributed by atoms with Crippen LogP contribution < -0.4 is 5.32 Å². The van der Waals surface area contributed by atoms with Gasteiger partial charge in [-0.3, -0.25) is 4.98 Å². The monoisotopic (exact) mass is 296 g/mol. The Balaban J connectivity index is 2.18. The fourth-order valence-electron chi connectivity index (χ4n) is 1.50. The summed E-state index contributed by atoms with van der Waals surface area (Å²) in [5.74, 6) is 0. The maximum absolute atomic E-state index is 4.09. The summed E-state index contributed by atoms with van der Waals surface area (Å²) in [4.78, 5) is 5.34. The van der Waals surface area contributed by atoms with E-state index in [1.165, 1.54) is 10.4 Å². The van der Waals surface area contributed by atoms with Crippen LogP contribution in [0.15, 0.2) is 34.4 Å². The van der Waals surface area contributed by atoms with E-state index in [0.29, 0.717) is 0 Å². The molecule has 1 unspecified atom stereocenters. The minimum absolute atomic E-state index is 0.283. The molecule has 1 N–H and O–H groups in total. The zero-order valence-corrected chi connectivity index (χ0v) is 11.6. The highest BCUT2D eigenvalue weighted by molar-refractivity contribution is 9.10. The van der Waals surface area contributed by atoms with Crippen molar-refractivity contribution in [3.63, 3.8) is 0 Å². The molecule has 16 heavy (non-hydrogen) atoms. The molecule has 84 valence electrons. The van der Waals surface area contributed by atoms with Crippen LogP contribution in [0.2, 0.25) is 0 Å². The van der Waals surface area contributed by atoms with Crippen LogP contribution in [0.5, 0.6) is 0 Å². The molecule has 2 rings (SSSR count). The van der Waals surface area contributed by atoms with Crippen LogP contribution in [0.3, 0.4) is 0 Å². The van der Waals surface area contributed by atoms with Gasteiger partial charge >= 0.3 is 0 Å². The predicted molar refractivity (Wildman–Crippen MR) is 73.0 cm³/mol. The minimum atomic E-state index is 0.283. The predicted octanol–water partition coefficient (Wildman–Crippen LogP) is 4.39. The Morgan fingerprint density at radius 2 is 2.25 bits per heavy atom. The van der Waals surface area contributed by atoms with Gasteiger partial charge in [-0.05, 0) is 41.4 Å². The van der Waals surface area contributed by atoms with Crippen molar-refractivity contribution < 1.29 is 0 Å². The van der Waals surface area contributed by atoms with Crippen LogP contribution in [0.1, 0.15) is 23.4 Å². The minimum Gasteiger partial charge on any atom is -0.377 e. The first-order valence-electron chi connectivity index (χ1n) is 5.08. The summed E-state index contributed by atoms with van der Waals surface area (Å²) in [5.41, 5.74) is 4.22. The second-order valence-electron chi connectivity index (χ2n) is 3.71. The lowest BCUT2D eigenvalue weighted by molar-refractivity contribution is 0.902. The van der Waals surface area contributed by atoms with Gasteiger partial charge in [-0.25, -0.2) is 0 Å². The van der Waals surface area contributed by atoms with E-state index in [9.17, 15) is 0 Å². The average Bonchev–Trinajstić information content (AvgIpc) is 2.78. The lowest BCUT2D eigenvalue weighted by Gasteiger charge is -2.15. The van der Waals surface area contributed by atoms with E-state index < -0.39 is 0 Å². The molecule has 0 aliphatic carbocycles. The Kier molecular flexibility index (Phi) is 3.61. The molecule has 0 aliphatic rings. The number of nitrogens with one attached hydrogen (secondary N) is 1. The number of nitrogens with zero attached hydrogens (tertiary/aromatic N) is 1. The fraction of sp³-hybridized carbons (Fsp3) is 0.250. The van der Waals surface area contributed by atoms with E-state index in [1.807, 2.05) is 11.7 Å². The molecule has 0 bridgehead atoms. The maximum Gasteiger partial charge on any atom is 0.0795 e. The van der Waals surface area contributed by atoms with Gasteiger partial charge in [-0.15, -0.1) is 11.3 Å².